The molecule has 1 amide bonds. The highest BCUT2D eigenvalue weighted by molar-refractivity contribution is 7.20. The van der Waals surface area contributed by atoms with Gasteiger partial charge >= 0.3 is 0 Å². The zero-order valence-electron chi connectivity index (χ0n) is 14.1. The topological polar surface area (TPSA) is 36.4 Å². The number of carbonyl (C=O) groups excluding carboxylic acids is 1. The van der Waals surface area contributed by atoms with Crippen molar-refractivity contribution in [3.05, 3.63) is 65.3 Å². The standard InChI is InChI=1S/C20H21N3OS/c24-20(19-13-17-6-1-2-7-18(17)25-19)23-10-4-9-22(11-12-23)15-16-5-3-8-21-14-16/h1-3,5-8,13-14H,4,9-12,15H2. The molecule has 4 rings (SSSR count). The summed E-state index contributed by atoms with van der Waals surface area (Å²) >= 11 is 1.60. The van der Waals surface area contributed by atoms with Crippen LogP contribution >= 0.6 is 11.3 Å². The first-order chi connectivity index (χ1) is 12.3. The van der Waals surface area contributed by atoms with Gasteiger partial charge < -0.3 is 4.90 Å². The number of aromatic nitrogens is 1. The van der Waals surface area contributed by atoms with Gasteiger partial charge in [0.1, 0.15) is 0 Å². The van der Waals surface area contributed by atoms with E-state index in [9.17, 15) is 4.79 Å². The maximum atomic E-state index is 12.9. The van der Waals surface area contributed by atoms with Gasteiger partial charge in [0.05, 0.1) is 4.88 Å². The van der Waals surface area contributed by atoms with Crippen molar-refractivity contribution in [2.45, 2.75) is 13.0 Å². The van der Waals surface area contributed by atoms with E-state index >= 15 is 0 Å². The van der Waals surface area contributed by atoms with Crippen LogP contribution in [0.1, 0.15) is 21.7 Å². The predicted octanol–water partition coefficient (Wildman–Crippen LogP) is 3.64. The predicted molar refractivity (Wildman–Crippen MR) is 102 cm³/mol. The lowest BCUT2D eigenvalue weighted by Crippen LogP contribution is -2.34. The zero-order valence-corrected chi connectivity index (χ0v) is 14.9. The second-order valence-electron chi connectivity index (χ2n) is 6.43. The number of amides is 1. The fraction of sp³-hybridized carbons (Fsp3) is 0.300. The van der Waals surface area contributed by atoms with Crippen molar-refractivity contribution in [3.8, 4) is 0 Å². The molecule has 1 saturated heterocycles. The van der Waals surface area contributed by atoms with Gasteiger partial charge in [-0.15, -0.1) is 11.3 Å². The van der Waals surface area contributed by atoms with Crippen LogP contribution in [0.3, 0.4) is 0 Å². The van der Waals surface area contributed by atoms with E-state index in [1.165, 1.54) is 10.3 Å². The average molecular weight is 351 g/mol. The molecule has 128 valence electrons. The Balaban J connectivity index is 1.42. The van der Waals surface area contributed by atoms with E-state index in [1.54, 1.807) is 17.5 Å². The number of hydrogen-bond donors (Lipinski definition) is 0. The highest BCUT2D eigenvalue weighted by Crippen LogP contribution is 2.26. The fourth-order valence-electron chi connectivity index (χ4n) is 3.33. The van der Waals surface area contributed by atoms with Gasteiger partial charge in [0, 0.05) is 49.8 Å². The molecule has 0 N–H and O–H groups in total. The smallest absolute Gasteiger partial charge is 0.264 e. The fourth-order valence-corrected chi connectivity index (χ4v) is 4.36. The summed E-state index contributed by atoms with van der Waals surface area (Å²) in [6.45, 7) is 4.44. The third-order valence-electron chi connectivity index (χ3n) is 4.64. The van der Waals surface area contributed by atoms with E-state index in [2.05, 4.69) is 28.1 Å². The van der Waals surface area contributed by atoms with Crippen molar-refractivity contribution in [3.63, 3.8) is 0 Å². The van der Waals surface area contributed by atoms with Crippen molar-refractivity contribution in [1.29, 1.82) is 0 Å². The van der Waals surface area contributed by atoms with Crippen LogP contribution in [0, 0.1) is 0 Å². The minimum absolute atomic E-state index is 0.171. The Labute approximate surface area is 151 Å². The lowest BCUT2D eigenvalue weighted by atomic mass is 10.2. The molecule has 0 atom stereocenters. The number of carbonyl (C=O) groups is 1. The molecule has 1 aliphatic rings. The summed E-state index contributed by atoms with van der Waals surface area (Å²) in [7, 11) is 0. The summed E-state index contributed by atoms with van der Waals surface area (Å²) < 4.78 is 1.18. The molecule has 0 aliphatic carbocycles. The number of thiophene rings is 1. The third-order valence-corrected chi connectivity index (χ3v) is 5.75. The number of nitrogens with zero attached hydrogens (tertiary/aromatic N) is 3. The van der Waals surface area contributed by atoms with E-state index in [-0.39, 0.29) is 5.91 Å². The number of benzene rings is 1. The summed E-state index contributed by atoms with van der Waals surface area (Å²) in [5, 5.41) is 1.16. The normalized spacial score (nSPS) is 16.1. The molecule has 1 aliphatic heterocycles. The molecule has 4 nitrogen and oxygen atoms in total. The Kier molecular flexibility index (Phi) is 4.76. The number of rotatable bonds is 3. The lowest BCUT2D eigenvalue weighted by Gasteiger charge is -2.21. The summed E-state index contributed by atoms with van der Waals surface area (Å²) in [5.41, 5.74) is 1.23. The van der Waals surface area contributed by atoms with Gasteiger partial charge in [-0.05, 0) is 35.6 Å². The minimum Gasteiger partial charge on any atom is -0.337 e. The van der Waals surface area contributed by atoms with Crippen molar-refractivity contribution in [2.75, 3.05) is 26.2 Å². The van der Waals surface area contributed by atoms with Crippen LogP contribution in [0.4, 0.5) is 0 Å². The second kappa shape index (κ2) is 7.33. The molecule has 2 aromatic heterocycles. The highest BCUT2D eigenvalue weighted by atomic mass is 32.1. The molecule has 5 heteroatoms. The first-order valence-electron chi connectivity index (χ1n) is 8.69. The molecule has 3 aromatic rings. The summed E-state index contributed by atoms with van der Waals surface area (Å²) in [5.74, 6) is 0.171. The quantitative estimate of drug-likeness (QED) is 0.723. The van der Waals surface area contributed by atoms with Crippen LogP contribution in [0.5, 0.6) is 0 Å². The highest BCUT2D eigenvalue weighted by Gasteiger charge is 2.21. The van der Waals surface area contributed by atoms with Gasteiger partial charge in [0.15, 0.2) is 0 Å². The van der Waals surface area contributed by atoms with Crippen molar-refractivity contribution in [1.82, 2.24) is 14.8 Å². The van der Waals surface area contributed by atoms with E-state index in [0.29, 0.717) is 0 Å². The van der Waals surface area contributed by atoms with Crippen molar-refractivity contribution >= 4 is 27.3 Å². The average Bonchev–Trinajstić information content (AvgIpc) is 2.95. The summed E-state index contributed by atoms with van der Waals surface area (Å²) in [4.78, 5) is 22.4. The molecule has 0 saturated carbocycles. The molecule has 25 heavy (non-hydrogen) atoms. The summed E-state index contributed by atoms with van der Waals surface area (Å²) in [6.07, 6.45) is 4.74. The van der Waals surface area contributed by atoms with Gasteiger partial charge in [0.2, 0.25) is 0 Å². The minimum atomic E-state index is 0.171. The maximum absolute atomic E-state index is 12.9. The Morgan fingerprint density at radius 1 is 1.08 bits per heavy atom. The SMILES string of the molecule is O=C(c1cc2ccccc2s1)N1CCCN(Cc2cccnc2)CC1. The van der Waals surface area contributed by atoms with Crippen LogP contribution in [0.15, 0.2) is 54.9 Å². The maximum Gasteiger partial charge on any atom is 0.264 e. The number of fused-ring (bicyclic) bond motifs is 1. The molecule has 0 unspecified atom stereocenters. The molecular formula is C20H21N3OS. The molecule has 0 bridgehead atoms. The second-order valence-corrected chi connectivity index (χ2v) is 7.52. The van der Waals surface area contributed by atoms with Crippen molar-refractivity contribution in [2.24, 2.45) is 0 Å². The Morgan fingerprint density at radius 3 is 2.84 bits per heavy atom. The van der Waals surface area contributed by atoms with E-state index in [4.69, 9.17) is 0 Å². The molecule has 1 fully saturated rings. The Hall–Kier alpha value is -2.24. The largest absolute Gasteiger partial charge is 0.337 e. The first-order valence-corrected chi connectivity index (χ1v) is 9.50. The van der Waals surface area contributed by atoms with Crippen LogP contribution < -0.4 is 0 Å². The van der Waals surface area contributed by atoms with Crippen LogP contribution in [0.2, 0.25) is 0 Å². The summed E-state index contributed by atoms with van der Waals surface area (Å²) in [6, 6.07) is 14.3. The molecule has 0 radical (unpaired) electrons. The van der Waals surface area contributed by atoms with Crippen LogP contribution in [-0.4, -0.2) is 46.9 Å². The zero-order chi connectivity index (χ0) is 17.1. The monoisotopic (exact) mass is 351 g/mol. The number of hydrogen-bond acceptors (Lipinski definition) is 4. The van der Waals surface area contributed by atoms with Gasteiger partial charge in [0.25, 0.3) is 5.91 Å². The van der Waals surface area contributed by atoms with Gasteiger partial charge in [-0.1, -0.05) is 24.3 Å². The molecule has 0 spiro atoms. The van der Waals surface area contributed by atoms with E-state index in [1.807, 2.05) is 35.4 Å². The Morgan fingerprint density at radius 2 is 2.00 bits per heavy atom. The van der Waals surface area contributed by atoms with Crippen LogP contribution in [-0.2, 0) is 6.54 Å². The van der Waals surface area contributed by atoms with Crippen LogP contribution in [0.25, 0.3) is 10.1 Å². The van der Waals surface area contributed by atoms with E-state index < -0.39 is 0 Å². The van der Waals surface area contributed by atoms with Gasteiger partial charge in [-0.25, -0.2) is 0 Å². The van der Waals surface area contributed by atoms with Gasteiger partial charge in [-0.3, -0.25) is 14.7 Å². The molecule has 1 aromatic carbocycles. The third kappa shape index (κ3) is 3.72. The molecular weight excluding hydrogens is 330 g/mol. The van der Waals surface area contributed by atoms with Gasteiger partial charge in [-0.2, -0.15) is 0 Å². The van der Waals surface area contributed by atoms with E-state index in [0.717, 1.165) is 49.4 Å². The number of pyridine rings is 1. The molecule has 3 heterocycles. The van der Waals surface area contributed by atoms with Crippen molar-refractivity contribution < 1.29 is 4.79 Å². The Bertz CT molecular complexity index is 829. The lowest BCUT2D eigenvalue weighted by molar-refractivity contribution is 0.0766. The first kappa shape index (κ1) is 16.2.